The van der Waals surface area contributed by atoms with Gasteiger partial charge in [-0.2, -0.15) is 0 Å². The molecule has 2 aliphatic rings. The fraction of sp³-hybridized carbons (Fsp3) is 0.429. The van der Waals surface area contributed by atoms with E-state index in [1.807, 2.05) is 0 Å². The molecule has 2 aromatic carbocycles. The number of phenols is 1. The summed E-state index contributed by atoms with van der Waals surface area (Å²) in [6.45, 7) is 9.97. The fourth-order valence-corrected chi connectivity index (χ4v) is 4.78. The van der Waals surface area contributed by atoms with Gasteiger partial charge in [-0.1, -0.05) is 19.9 Å². The highest BCUT2D eigenvalue weighted by molar-refractivity contribution is 6.46. The molecule has 4 rings (SSSR count). The van der Waals surface area contributed by atoms with Crippen LogP contribution < -0.4 is 14.2 Å². The Morgan fingerprint density at radius 2 is 1.78 bits per heavy atom. The Bertz CT molecular complexity index is 1190. The van der Waals surface area contributed by atoms with Crippen LogP contribution >= 0.6 is 0 Å². The maximum atomic E-state index is 13.3. The number of benzene rings is 2. The maximum Gasteiger partial charge on any atom is 0.295 e. The van der Waals surface area contributed by atoms with Crippen LogP contribution in [0.5, 0.6) is 23.0 Å². The van der Waals surface area contributed by atoms with Crippen molar-refractivity contribution in [3.05, 3.63) is 53.1 Å². The summed E-state index contributed by atoms with van der Waals surface area (Å²) in [5, 5.41) is 21.6. The van der Waals surface area contributed by atoms with Gasteiger partial charge in [-0.25, -0.2) is 0 Å². The van der Waals surface area contributed by atoms with Gasteiger partial charge in [0, 0.05) is 12.1 Å². The molecule has 0 radical (unpaired) electrons. The zero-order valence-electron chi connectivity index (χ0n) is 21.5. The number of aliphatic hydroxyl groups is 1. The second kappa shape index (κ2) is 11.6. The maximum absolute atomic E-state index is 13.3. The molecule has 0 bridgehead atoms. The minimum absolute atomic E-state index is 0.0161. The van der Waals surface area contributed by atoms with Crippen LogP contribution in [0.3, 0.4) is 0 Å². The van der Waals surface area contributed by atoms with Crippen LogP contribution in [0.1, 0.15) is 44.4 Å². The number of carbonyl (C=O) groups excluding carboxylic acids is 2. The lowest BCUT2D eigenvalue weighted by Crippen LogP contribution is -2.33. The van der Waals surface area contributed by atoms with Crippen molar-refractivity contribution in [2.45, 2.75) is 33.2 Å². The van der Waals surface area contributed by atoms with Gasteiger partial charge in [0.25, 0.3) is 11.7 Å². The summed E-state index contributed by atoms with van der Waals surface area (Å²) in [6.07, 6.45) is 0.658. The van der Waals surface area contributed by atoms with Crippen LogP contribution in [-0.4, -0.2) is 77.7 Å². The molecule has 0 unspecified atom stereocenters. The first-order valence-corrected chi connectivity index (χ1v) is 12.8. The zero-order valence-corrected chi connectivity index (χ0v) is 21.5. The number of Topliss-reactive ketones (excluding diaryl/α,β-unsaturated/α-hetero) is 1. The molecule has 1 atom stereocenters. The Balaban J connectivity index is 1.77. The average Bonchev–Trinajstić information content (AvgIpc) is 3.16. The monoisotopic (exact) mass is 510 g/mol. The van der Waals surface area contributed by atoms with E-state index in [1.165, 1.54) is 11.0 Å². The van der Waals surface area contributed by atoms with E-state index in [0.717, 1.165) is 19.6 Å². The highest BCUT2D eigenvalue weighted by Gasteiger charge is 2.46. The van der Waals surface area contributed by atoms with Gasteiger partial charge < -0.3 is 34.2 Å². The number of fused-ring (bicyclic) bond motifs is 1. The molecule has 2 N–H and O–H groups in total. The van der Waals surface area contributed by atoms with E-state index in [4.69, 9.17) is 14.2 Å². The van der Waals surface area contributed by atoms with Crippen LogP contribution in [0.15, 0.2) is 42.0 Å². The number of hydrogen-bond acceptors (Lipinski definition) is 8. The van der Waals surface area contributed by atoms with Gasteiger partial charge in [-0.15, -0.1) is 0 Å². The normalized spacial score (nSPS) is 18.5. The Labute approximate surface area is 216 Å². The third kappa shape index (κ3) is 5.36. The summed E-state index contributed by atoms with van der Waals surface area (Å²) in [5.74, 6) is -0.512. The van der Waals surface area contributed by atoms with Crippen molar-refractivity contribution in [1.29, 1.82) is 0 Å². The molecule has 198 valence electrons. The van der Waals surface area contributed by atoms with Crippen molar-refractivity contribution in [3.8, 4) is 23.0 Å². The standard InChI is InChI=1S/C28H34N2O7/c1-4-29(5-2)12-7-13-30-25(18-8-10-20(31)22(16-18)35-6-3)24(27(33)28(30)34)26(32)19-9-11-21-23(17-19)37-15-14-36-21/h8-11,16-17,25,31-32H,4-7,12-15H2,1-3H3/b26-24+/t25-/m1/s1. The predicted molar refractivity (Wildman–Crippen MR) is 138 cm³/mol. The molecule has 9 heteroatoms. The number of aromatic hydroxyl groups is 1. The first kappa shape index (κ1) is 26.3. The Hall–Kier alpha value is -3.72. The van der Waals surface area contributed by atoms with Gasteiger partial charge in [0.1, 0.15) is 19.0 Å². The molecule has 37 heavy (non-hydrogen) atoms. The summed E-state index contributed by atoms with van der Waals surface area (Å²) in [7, 11) is 0. The molecule has 0 aromatic heterocycles. The first-order valence-electron chi connectivity index (χ1n) is 12.8. The molecule has 2 aromatic rings. The number of ketones is 1. The summed E-state index contributed by atoms with van der Waals surface area (Å²) in [5.41, 5.74) is 0.888. The minimum Gasteiger partial charge on any atom is -0.507 e. The summed E-state index contributed by atoms with van der Waals surface area (Å²) in [6, 6.07) is 8.80. The zero-order chi connectivity index (χ0) is 26.5. The fourth-order valence-electron chi connectivity index (χ4n) is 4.78. The Kier molecular flexibility index (Phi) is 8.23. The van der Waals surface area contributed by atoms with Crippen molar-refractivity contribution >= 4 is 17.4 Å². The molecular formula is C28H34N2O7. The predicted octanol–water partition coefficient (Wildman–Crippen LogP) is 3.72. The first-order chi connectivity index (χ1) is 17.9. The number of phenolic OH excluding ortho intramolecular Hbond substituents is 1. The van der Waals surface area contributed by atoms with Crippen LogP contribution in [-0.2, 0) is 9.59 Å². The Morgan fingerprint density at radius 3 is 2.49 bits per heavy atom. The van der Waals surface area contributed by atoms with Crippen molar-refractivity contribution in [2.75, 3.05) is 46.0 Å². The largest absolute Gasteiger partial charge is 0.507 e. The van der Waals surface area contributed by atoms with Gasteiger partial charge in [0.15, 0.2) is 23.0 Å². The van der Waals surface area contributed by atoms with Crippen LogP contribution in [0.4, 0.5) is 0 Å². The molecule has 2 aliphatic heterocycles. The number of amides is 1. The van der Waals surface area contributed by atoms with Gasteiger partial charge in [0.05, 0.1) is 18.2 Å². The number of rotatable bonds is 10. The van der Waals surface area contributed by atoms with Gasteiger partial charge in [0.2, 0.25) is 0 Å². The molecule has 1 saturated heterocycles. The van der Waals surface area contributed by atoms with Crippen molar-refractivity contribution in [3.63, 3.8) is 0 Å². The van der Waals surface area contributed by atoms with Crippen molar-refractivity contribution in [2.24, 2.45) is 0 Å². The van der Waals surface area contributed by atoms with Gasteiger partial charge in [-0.05, 0) is 68.9 Å². The quantitative estimate of drug-likeness (QED) is 0.283. The van der Waals surface area contributed by atoms with E-state index in [-0.39, 0.29) is 22.8 Å². The lowest BCUT2D eigenvalue weighted by Gasteiger charge is -2.27. The van der Waals surface area contributed by atoms with E-state index < -0.39 is 17.7 Å². The number of nitrogens with zero attached hydrogens (tertiary/aromatic N) is 2. The SMILES string of the molecule is CCOc1cc([C@@H]2/C(=C(\O)c3ccc4c(c3)OCCO4)C(=O)C(=O)N2CCCN(CC)CC)ccc1O. The summed E-state index contributed by atoms with van der Waals surface area (Å²) >= 11 is 0. The van der Waals surface area contributed by atoms with E-state index in [2.05, 4.69) is 18.7 Å². The molecule has 2 heterocycles. The van der Waals surface area contributed by atoms with Crippen LogP contribution in [0, 0.1) is 0 Å². The third-order valence-corrected chi connectivity index (χ3v) is 6.72. The second-order valence-electron chi connectivity index (χ2n) is 8.89. The Morgan fingerprint density at radius 1 is 1.05 bits per heavy atom. The van der Waals surface area contributed by atoms with E-state index >= 15 is 0 Å². The number of hydrogen-bond donors (Lipinski definition) is 2. The topological polar surface area (TPSA) is 109 Å². The molecular weight excluding hydrogens is 476 g/mol. The number of carbonyl (C=O) groups is 2. The van der Waals surface area contributed by atoms with Crippen LogP contribution in [0.25, 0.3) is 5.76 Å². The van der Waals surface area contributed by atoms with Crippen molar-refractivity contribution in [1.82, 2.24) is 9.80 Å². The van der Waals surface area contributed by atoms with E-state index in [1.54, 1.807) is 37.3 Å². The van der Waals surface area contributed by atoms with Crippen molar-refractivity contribution < 1.29 is 34.0 Å². The molecule has 1 fully saturated rings. The van der Waals surface area contributed by atoms with Crippen LogP contribution in [0.2, 0.25) is 0 Å². The lowest BCUT2D eigenvalue weighted by atomic mass is 9.94. The molecule has 0 aliphatic carbocycles. The highest BCUT2D eigenvalue weighted by atomic mass is 16.6. The molecule has 9 nitrogen and oxygen atoms in total. The van der Waals surface area contributed by atoms with Gasteiger partial charge >= 0.3 is 0 Å². The number of ether oxygens (including phenoxy) is 3. The lowest BCUT2D eigenvalue weighted by molar-refractivity contribution is -0.140. The average molecular weight is 511 g/mol. The van der Waals surface area contributed by atoms with E-state index in [0.29, 0.717) is 55.4 Å². The third-order valence-electron chi connectivity index (χ3n) is 6.72. The molecule has 1 amide bonds. The number of likely N-dealkylation sites (tertiary alicyclic amines) is 1. The van der Waals surface area contributed by atoms with Gasteiger partial charge in [-0.3, -0.25) is 9.59 Å². The smallest absolute Gasteiger partial charge is 0.295 e. The summed E-state index contributed by atoms with van der Waals surface area (Å²) < 4.78 is 16.8. The molecule has 0 saturated carbocycles. The highest BCUT2D eigenvalue weighted by Crippen LogP contribution is 2.43. The number of aliphatic hydroxyl groups excluding tert-OH is 1. The minimum atomic E-state index is -0.843. The van der Waals surface area contributed by atoms with E-state index in [9.17, 15) is 19.8 Å². The second-order valence-corrected chi connectivity index (χ2v) is 8.89. The summed E-state index contributed by atoms with van der Waals surface area (Å²) in [4.78, 5) is 30.3. The molecule has 0 spiro atoms.